The summed E-state index contributed by atoms with van der Waals surface area (Å²) in [5.74, 6) is -1.91. The summed E-state index contributed by atoms with van der Waals surface area (Å²) in [5, 5.41) is 5.26. The maximum absolute atomic E-state index is 14.0. The number of carbonyl (C=O) groups is 2. The molecule has 4 rings (SSSR count). The van der Waals surface area contributed by atoms with E-state index in [1.54, 1.807) is 24.3 Å². The average molecular weight is 569 g/mol. The maximum Gasteiger partial charge on any atom is 0.416 e. The largest absolute Gasteiger partial charge is 0.416 e. The molecule has 0 saturated heterocycles. The zero-order valence-corrected chi connectivity index (χ0v) is 21.9. The van der Waals surface area contributed by atoms with Gasteiger partial charge in [-0.2, -0.15) is 18.2 Å². The van der Waals surface area contributed by atoms with Crippen molar-refractivity contribution in [3.63, 3.8) is 0 Å². The number of rotatable bonds is 6. The lowest BCUT2D eigenvalue weighted by Crippen LogP contribution is -2.34. The van der Waals surface area contributed by atoms with E-state index in [9.17, 15) is 27.2 Å². The number of urea groups is 1. The summed E-state index contributed by atoms with van der Waals surface area (Å²) >= 11 is 0. The molecule has 1 saturated carbocycles. The van der Waals surface area contributed by atoms with Crippen molar-refractivity contribution in [3.05, 3.63) is 94.8 Å². The van der Waals surface area contributed by atoms with Crippen LogP contribution in [0.2, 0.25) is 0 Å². The van der Waals surface area contributed by atoms with E-state index in [2.05, 4.69) is 15.4 Å². The SMILES string of the molecule is N=NC(N)=NC(=O)c1ccc(CN(C(=O)Nc2cc(F)cc(C(F)(F)F)c2)c2ccc(C3CCCCC3)cc2)cc1. The van der Waals surface area contributed by atoms with E-state index in [-0.39, 0.29) is 17.8 Å². The zero-order valence-electron chi connectivity index (χ0n) is 21.9. The van der Waals surface area contributed by atoms with Gasteiger partial charge in [0.05, 0.1) is 12.1 Å². The number of nitrogens with zero attached hydrogens (tertiary/aromatic N) is 3. The molecule has 1 aliphatic carbocycles. The van der Waals surface area contributed by atoms with Crippen LogP contribution in [-0.2, 0) is 12.7 Å². The van der Waals surface area contributed by atoms with Crippen LogP contribution < -0.4 is 16.0 Å². The van der Waals surface area contributed by atoms with Crippen molar-refractivity contribution in [3.8, 4) is 0 Å². The fourth-order valence-electron chi connectivity index (χ4n) is 4.79. The highest BCUT2D eigenvalue weighted by Crippen LogP contribution is 2.34. The third-order valence-corrected chi connectivity index (χ3v) is 6.88. The Morgan fingerprint density at radius 2 is 1.63 bits per heavy atom. The minimum absolute atomic E-state index is 0.0159. The number of aliphatic imine (C=N–C) groups is 1. The van der Waals surface area contributed by atoms with E-state index in [1.807, 2.05) is 12.1 Å². The fraction of sp³-hybridized carbons (Fsp3) is 0.276. The van der Waals surface area contributed by atoms with Crippen LogP contribution in [0.4, 0.5) is 33.7 Å². The molecule has 41 heavy (non-hydrogen) atoms. The van der Waals surface area contributed by atoms with Gasteiger partial charge in [-0.05, 0) is 72.4 Å². The lowest BCUT2D eigenvalue weighted by molar-refractivity contribution is -0.137. The third-order valence-electron chi connectivity index (χ3n) is 6.88. The molecule has 12 heteroatoms. The van der Waals surface area contributed by atoms with Crippen molar-refractivity contribution in [2.24, 2.45) is 15.8 Å². The maximum atomic E-state index is 14.0. The summed E-state index contributed by atoms with van der Waals surface area (Å²) in [7, 11) is 0. The smallest absolute Gasteiger partial charge is 0.366 e. The molecule has 0 atom stereocenters. The number of halogens is 4. The highest BCUT2D eigenvalue weighted by molar-refractivity contribution is 6.03. The molecule has 0 spiro atoms. The van der Waals surface area contributed by atoms with E-state index in [0.717, 1.165) is 37.3 Å². The van der Waals surface area contributed by atoms with Crippen molar-refractivity contribution < 1.29 is 27.2 Å². The van der Waals surface area contributed by atoms with Gasteiger partial charge in [-0.25, -0.2) is 14.7 Å². The van der Waals surface area contributed by atoms with Crippen molar-refractivity contribution in [1.82, 2.24) is 0 Å². The molecule has 1 aliphatic rings. The van der Waals surface area contributed by atoms with E-state index < -0.39 is 35.5 Å². The number of alkyl halides is 3. The number of benzene rings is 3. The number of anilines is 2. The van der Waals surface area contributed by atoms with Gasteiger partial charge in [0, 0.05) is 16.9 Å². The Morgan fingerprint density at radius 1 is 0.976 bits per heavy atom. The normalized spacial score (nSPS) is 14.4. The zero-order chi connectivity index (χ0) is 29.6. The van der Waals surface area contributed by atoms with Gasteiger partial charge in [0.2, 0.25) is 5.96 Å². The number of nitrogens with two attached hydrogens (primary N) is 1. The van der Waals surface area contributed by atoms with Crippen LogP contribution in [0.5, 0.6) is 0 Å². The summed E-state index contributed by atoms with van der Waals surface area (Å²) in [5.41, 5.74) is 12.9. The van der Waals surface area contributed by atoms with Crippen molar-refractivity contribution in [1.29, 1.82) is 5.53 Å². The molecule has 3 amide bonds. The van der Waals surface area contributed by atoms with Crippen molar-refractivity contribution in [2.75, 3.05) is 10.2 Å². The molecule has 0 heterocycles. The van der Waals surface area contributed by atoms with E-state index in [4.69, 9.17) is 11.3 Å². The molecule has 4 N–H and O–H groups in total. The van der Waals surface area contributed by atoms with Crippen LogP contribution in [0.15, 0.2) is 76.8 Å². The Labute approximate surface area is 233 Å². The molecular weight excluding hydrogens is 540 g/mol. The standard InChI is InChI=1S/C29H28F4N6O2/c30-23-14-22(29(31,32)33)15-24(16-23)36-28(41)39(25-12-10-20(11-13-25)19-4-2-1-3-5-19)17-18-6-8-21(9-7-18)26(40)37-27(34)38-35/h6-16,19,35H,1-5,17H2,(H,36,41)(H2,34,37,40). The Bertz CT molecular complexity index is 1430. The Kier molecular flexibility index (Phi) is 9.10. The van der Waals surface area contributed by atoms with E-state index in [0.29, 0.717) is 29.3 Å². The van der Waals surface area contributed by atoms with Gasteiger partial charge < -0.3 is 11.1 Å². The molecule has 0 bridgehead atoms. The molecule has 0 aromatic heterocycles. The van der Waals surface area contributed by atoms with Gasteiger partial charge in [0.15, 0.2) is 0 Å². The van der Waals surface area contributed by atoms with Crippen LogP contribution in [0.3, 0.4) is 0 Å². The summed E-state index contributed by atoms with van der Waals surface area (Å²) in [6.07, 6.45) is 0.898. The first kappa shape index (κ1) is 29.4. The summed E-state index contributed by atoms with van der Waals surface area (Å²) in [6.45, 7) is -0.0159. The number of hydrogen-bond donors (Lipinski definition) is 3. The molecular formula is C29H28F4N6O2. The first-order valence-corrected chi connectivity index (χ1v) is 12.9. The molecule has 1 fully saturated rings. The van der Waals surface area contributed by atoms with Crippen molar-refractivity contribution >= 4 is 29.3 Å². The first-order chi connectivity index (χ1) is 19.5. The van der Waals surface area contributed by atoms with Crippen LogP contribution in [0, 0.1) is 11.3 Å². The van der Waals surface area contributed by atoms with Gasteiger partial charge in [0.25, 0.3) is 5.91 Å². The number of hydrogen-bond acceptors (Lipinski definition) is 3. The Morgan fingerprint density at radius 3 is 2.24 bits per heavy atom. The van der Waals surface area contributed by atoms with Crippen LogP contribution >= 0.6 is 0 Å². The highest BCUT2D eigenvalue weighted by atomic mass is 19.4. The lowest BCUT2D eigenvalue weighted by Gasteiger charge is -2.26. The van der Waals surface area contributed by atoms with Crippen LogP contribution in [-0.4, -0.2) is 17.9 Å². The molecule has 0 aliphatic heterocycles. The van der Waals surface area contributed by atoms with E-state index in [1.165, 1.54) is 23.5 Å². The predicted octanol–water partition coefficient (Wildman–Crippen LogP) is 7.62. The highest BCUT2D eigenvalue weighted by Gasteiger charge is 2.32. The van der Waals surface area contributed by atoms with Gasteiger partial charge >= 0.3 is 12.2 Å². The number of guanidine groups is 1. The second-order valence-corrected chi connectivity index (χ2v) is 9.75. The first-order valence-electron chi connectivity index (χ1n) is 12.9. The molecule has 0 radical (unpaired) electrons. The van der Waals surface area contributed by atoms with Gasteiger partial charge in [-0.3, -0.25) is 9.69 Å². The van der Waals surface area contributed by atoms with Gasteiger partial charge in [-0.15, -0.1) is 5.11 Å². The molecule has 3 aromatic carbocycles. The summed E-state index contributed by atoms with van der Waals surface area (Å²) in [4.78, 5) is 30.4. The second-order valence-electron chi connectivity index (χ2n) is 9.75. The third kappa shape index (κ3) is 7.74. The summed E-state index contributed by atoms with van der Waals surface area (Å²) < 4.78 is 53.7. The minimum Gasteiger partial charge on any atom is -0.366 e. The second kappa shape index (κ2) is 12.7. The molecule has 0 unspecified atom stereocenters. The Balaban J connectivity index is 1.61. The fourth-order valence-corrected chi connectivity index (χ4v) is 4.79. The average Bonchev–Trinajstić information content (AvgIpc) is 2.96. The monoisotopic (exact) mass is 568 g/mol. The quantitative estimate of drug-likeness (QED) is 0.123. The molecule has 214 valence electrons. The molecule has 3 aromatic rings. The van der Waals surface area contributed by atoms with Crippen LogP contribution in [0.25, 0.3) is 0 Å². The van der Waals surface area contributed by atoms with Crippen LogP contribution in [0.1, 0.15) is 65.1 Å². The number of carbonyl (C=O) groups excluding carboxylic acids is 2. The predicted molar refractivity (Wildman–Crippen MR) is 146 cm³/mol. The van der Waals surface area contributed by atoms with Crippen molar-refractivity contribution in [2.45, 2.75) is 50.7 Å². The topological polar surface area (TPSA) is 124 Å². The van der Waals surface area contributed by atoms with Gasteiger partial charge in [0.1, 0.15) is 5.82 Å². The summed E-state index contributed by atoms with van der Waals surface area (Å²) in [6, 6.07) is 14.6. The number of nitrogens with one attached hydrogen (secondary N) is 2. The van der Waals surface area contributed by atoms with E-state index >= 15 is 0 Å². The molecule has 8 nitrogen and oxygen atoms in total. The van der Waals surface area contributed by atoms with Gasteiger partial charge in [-0.1, -0.05) is 43.5 Å². The lowest BCUT2D eigenvalue weighted by atomic mass is 9.84. The number of amides is 3. The Hall–Kier alpha value is -4.61. The minimum atomic E-state index is -4.79.